The third-order valence-electron chi connectivity index (χ3n) is 2.12. The van der Waals surface area contributed by atoms with Gasteiger partial charge in [-0.15, -0.1) is 0 Å². The van der Waals surface area contributed by atoms with Crippen molar-refractivity contribution in [2.24, 2.45) is 0 Å². The Hall–Kier alpha value is -1.16. The number of rotatable bonds is 3. The minimum atomic E-state index is -1.18. The fraction of sp³-hybridized carbons (Fsp3) is 0.300. The first-order valence-electron chi connectivity index (χ1n) is 4.34. The maximum Gasteiger partial charge on any atom is 0.311 e. The fourth-order valence-electron chi connectivity index (χ4n) is 1.33. The molecule has 5 heteroatoms. The summed E-state index contributed by atoms with van der Waals surface area (Å²) in [7, 11) is 0. The Morgan fingerprint density at radius 2 is 2.07 bits per heavy atom. The van der Waals surface area contributed by atoms with Crippen molar-refractivity contribution in [3.63, 3.8) is 0 Å². The summed E-state index contributed by atoms with van der Waals surface area (Å²) in [6.45, 7) is 1.59. The lowest BCUT2D eigenvalue weighted by molar-refractivity contribution is -0.138. The van der Waals surface area contributed by atoms with Gasteiger partial charge in [-0.3, -0.25) is 4.79 Å². The molecule has 0 saturated heterocycles. The highest BCUT2D eigenvalue weighted by Gasteiger charge is 2.22. The van der Waals surface area contributed by atoms with E-state index in [2.05, 4.69) is 0 Å². The summed E-state index contributed by atoms with van der Waals surface area (Å²) >= 11 is 5.35. The van der Waals surface area contributed by atoms with E-state index >= 15 is 0 Å². The molecule has 1 N–H and O–H groups in total. The van der Waals surface area contributed by atoms with Gasteiger partial charge >= 0.3 is 5.97 Å². The molecular formula is C10H9ClF2O2. The van der Waals surface area contributed by atoms with Crippen LogP contribution in [-0.4, -0.2) is 11.1 Å². The predicted octanol–water partition coefficient (Wildman–Crippen LogP) is 3.20. The van der Waals surface area contributed by atoms with Crippen molar-refractivity contribution in [1.29, 1.82) is 0 Å². The second kappa shape index (κ2) is 4.57. The van der Waals surface area contributed by atoms with Crippen molar-refractivity contribution < 1.29 is 18.7 Å². The molecule has 2 nitrogen and oxygen atoms in total. The molecule has 1 aromatic carbocycles. The van der Waals surface area contributed by atoms with Crippen LogP contribution in [0.3, 0.4) is 0 Å². The summed E-state index contributed by atoms with van der Waals surface area (Å²) in [5.74, 6) is -3.83. The molecule has 0 fully saturated rings. The van der Waals surface area contributed by atoms with Crippen LogP contribution in [0.5, 0.6) is 0 Å². The lowest BCUT2D eigenvalue weighted by atomic mass is 9.96. The van der Waals surface area contributed by atoms with E-state index in [9.17, 15) is 13.6 Å². The van der Waals surface area contributed by atoms with Crippen molar-refractivity contribution in [2.75, 3.05) is 0 Å². The molecule has 82 valence electrons. The van der Waals surface area contributed by atoms with Gasteiger partial charge in [-0.2, -0.15) is 0 Å². The van der Waals surface area contributed by atoms with Gasteiger partial charge in [0.25, 0.3) is 0 Å². The number of aliphatic carboxylic acids is 1. The highest BCUT2D eigenvalue weighted by Crippen LogP contribution is 2.27. The van der Waals surface area contributed by atoms with Crippen molar-refractivity contribution in [3.8, 4) is 0 Å². The zero-order valence-electron chi connectivity index (χ0n) is 7.93. The first kappa shape index (κ1) is 11.9. The van der Waals surface area contributed by atoms with E-state index < -0.39 is 23.5 Å². The van der Waals surface area contributed by atoms with Crippen LogP contribution >= 0.6 is 11.6 Å². The first-order valence-corrected chi connectivity index (χ1v) is 4.72. The monoisotopic (exact) mass is 234 g/mol. The van der Waals surface area contributed by atoms with E-state index in [-0.39, 0.29) is 17.0 Å². The number of carbonyl (C=O) groups is 1. The molecule has 0 heterocycles. The Morgan fingerprint density at radius 1 is 1.47 bits per heavy atom. The van der Waals surface area contributed by atoms with E-state index in [0.29, 0.717) is 0 Å². The number of hydrogen-bond donors (Lipinski definition) is 1. The number of halogens is 3. The topological polar surface area (TPSA) is 37.3 Å². The molecule has 0 spiro atoms. The predicted molar refractivity (Wildman–Crippen MR) is 52.0 cm³/mol. The average molecular weight is 235 g/mol. The van der Waals surface area contributed by atoms with Gasteiger partial charge in [0.1, 0.15) is 11.6 Å². The Bertz CT molecular complexity index is 393. The second-order valence-electron chi connectivity index (χ2n) is 3.09. The Morgan fingerprint density at radius 3 is 2.53 bits per heavy atom. The van der Waals surface area contributed by atoms with E-state index in [4.69, 9.17) is 16.7 Å². The largest absolute Gasteiger partial charge is 0.481 e. The summed E-state index contributed by atoms with van der Waals surface area (Å²) < 4.78 is 26.3. The normalized spacial score (nSPS) is 12.5. The molecule has 0 amide bonds. The minimum absolute atomic E-state index is 0.174. The summed E-state index contributed by atoms with van der Waals surface area (Å²) in [4.78, 5) is 10.8. The van der Waals surface area contributed by atoms with Crippen molar-refractivity contribution in [1.82, 2.24) is 0 Å². The molecular weight excluding hydrogens is 226 g/mol. The van der Waals surface area contributed by atoms with Crippen LogP contribution in [0.15, 0.2) is 12.1 Å². The lowest BCUT2D eigenvalue weighted by Crippen LogP contribution is -2.12. The van der Waals surface area contributed by atoms with Crippen molar-refractivity contribution in [3.05, 3.63) is 34.4 Å². The van der Waals surface area contributed by atoms with E-state index in [1.54, 1.807) is 6.92 Å². The van der Waals surface area contributed by atoms with E-state index in [1.807, 2.05) is 0 Å². The van der Waals surface area contributed by atoms with Gasteiger partial charge in [-0.05, 0) is 18.6 Å². The number of carboxylic acids is 1. The molecule has 0 radical (unpaired) electrons. The molecule has 1 atom stereocenters. The highest BCUT2D eigenvalue weighted by atomic mass is 35.5. The summed E-state index contributed by atoms with van der Waals surface area (Å²) in [6, 6.07) is 1.62. The number of hydrogen-bond acceptors (Lipinski definition) is 1. The fourth-order valence-corrected chi connectivity index (χ4v) is 1.48. The molecule has 0 aliphatic carbocycles. The van der Waals surface area contributed by atoms with Gasteiger partial charge in [0.05, 0.1) is 10.9 Å². The Labute approximate surface area is 90.5 Å². The Balaban J connectivity index is 3.24. The van der Waals surface area contributed by atoms with Gasteiger partial charge in [0, 0.05) is 5.56 Å². The smallest absolute Gasteiger partial charge is 0.311 e. The third kappa shape index (κ3) is 2.45. The van der Waals surface area contributed by atoms with Crippen LogP contribution in [-0.2, 0) is 4.79 Å². The van der Waals surface area contributed by atoms with Crippen LogP contribution in [0.1, 0.15) is 24.8 Å². The molecule has 0 aromatic heterocycles. The van der Waals surface area contributed by atoms with Gasteiger partial charge in [0.15, 0.2) is 0 Å². The van der Waals surface area contributed by atoms with Crippen LogP contribution < -0.4 is 0 Å². The summed E-state index contributed by atoms with van der Waals surface area (Å²) in [5.41, 5.74) is -0.174. The molecule has 0 aliphatic heterocycles. The van der Waals surface area contributed by atoms with E-state index in [1.165, 1.54) is 0 Å². The number of benzene rings is 1. The minimum Gasteiger partial charge on any atom is -0.481 e. The maximum atomic E-state index is 13.3. The van der Waals surface area contributed by atoms with Gasteiger partial charge in [0.2, 0.25) is 0 Å². The average Bonchev–Trinajstić information content (AvgIpc) is 2.14. The number of carboxylic acid groups (broad SMARTS) is 1. The second-order valence-corrected chi connectivity index (χ2v) is 3.49. The molecule has 0 saturated carbocycles. The first-order chi connectivity index (χ1) is 6.97. The van der Waals surface area contributed by atoms with Gasteiger partial charge < -0.3 is 5.11 Å². The van der Waals surface area contributed by atoms with Gasteiger partial charge in [-0.1, -0.05) is 18.5 Å². The van der Waals surface area contributed by atoms with Crippen LogP contribution in [0.4, 0.5) is 8.78 Å². The van der Waals surface area contributed by atoms with E-state index in [0.717, 1.165) is 12.1 Å². The lowest BCUT2D eigenvalue weighted by Gasteiger charge is -2.11. The molecule has 1 rings (SSSR count). The molecule has 1 aromatic rings. The molecule has 0 aliphatic rings. The quantitative estimate of drug-likeness (QED) is 0.816. The van der Waals surface area contributed by atoms with Crippen LogP contribution in [0.25, 0.3) is 0 Å². The standard InChI is InChI=1S/C10H9ClF2O2/c1-2-5(10(14)15)6-3-9(13)7(11)4-8(6)12/h3-5H,2H2,1H3,(H,14,15). The van der Waals surface area contributed by atoms with Crippen LogP contribution in [0.2, 0.25) is 5.02 Å². The van der Waals surface area contributed by atoms with Crippen LogP contribution in [0, 0.1) is 11.6 Å². The van der Waals surface area contributed by atoms with Gasteiger partial charge in [-0.25, -0.2) is 8.78 Å². The summed E-state index contributed by atoms with van der Waals surface area (Å²) in [6.07, 6.45) is 0.188. The Kier molecular flexibility index (Phi) is 3.63. The zero-order chi connectivity index (χ0) is 11.6. The third-order valence-corrected chi connectivity index (χ3v) is 2.41. The SMILES string of the molecule is CCC(C(=O)O)c1cc(F)c(Cl)cc1F. The molecule has 15 heavy (non-hydrogen) atoms. The van der Waals surface area contributed by atoms with Crippen molar-refractivity contribution >= 4 is 17.6 Å². The molecule has 1 unspecified atom stereocenters. The zero-order valence-corrected chi connectivity index (χ0v) is 8.68. The molecule has 0 bridgehead atoms. The maximum absolute atomic E-state index is 13.3. The summed E-state index contributed by atoms with van der Waals surface area (Å²) in [5, 5.41) is 8.44. The van der Waals surface area contributed by atoms with Crippen molar-refractivity contribution in [2.45, 2.75) is 19.3 Å². The highest BCUT2D eigenvalue weighted by molar-refractivity contribution is 6.30.